The molecule has 2 aromatic rings. The van der Waals surface area contributed by atoms with Crippen LogP contribution in [0.3, 0.4) is 0 Å². The van der Waals surface area contributed by atoms with Gasteiger partial charge >= 0.3 is 0 Å². The fraction of sp³-hybridized carbons (Fsp3) is 0.474. The summed E-state index contributed by atoms with van der Waals surface area (Å²) in [7, 11) is 0. The lowest BCUT2D eigenvalue weighted by Gasteiger charge is -2.33. The van der Waals surface area contributed by atoms with Gasteiger partial charge in [-0.05, 0) is 50.8 Å². The molecule has 0 aliphatic carbocycles. The number of benzene rings is 1. The highest BCUT2D eigenvalue weighted by Gasteiger charge is 2.38. The van der Waals surface area contributed by atoms with Crippen LogP contribution in [-0.4, -0.2) is 43.9 Å². The van der Waals surface area contributed by atoms with Gasteiger partial charge < -0.3 is 10.0 Å². The number of aliphatic hydroxyl groups is 1. The Labute approximate surface area is 142 Å². The molecule has 1 atom stereocenters. The number of amides is 1. The molecule has 1 aliphatic heterocycles. The van der Waals surface area contributed by atoms with E-state index in [2.05, 4.69) is 5.10 Å². The second-order valence-corrected chi connectivity index (χ2v) is 7.03. The molecule has 0 saturated carbocycles. The van der Waals surface area contributed by atoms with E-state index in [1.165, 1.54) is 0 Å². The van der Waals surface area contributed by atoms with Gasteiger partial charge in [0.1, 0.15) is 0 Å². The van der Waals surface area contributed by atoms with Gasteiger partial charge in [-0.2, -0.15) is 5.10 Å². The fourth-order valence-electron chi connectivity index (χ4n) is 3.41. The van der Waals surface area contributed by atoms with Crippen LogP contribution in [0.15, 0.2) is 42.7 Å². The second kappa shape index (κ2) is 6.77. The highest BCUT2D eigenvalue weighted by atomic mass is 16.3. The first-order valence-electron chi connectivity index (χ1n) is 8.56. The predicted molar refractivity (Wildman–Crippen MR) is 92.9 cm³/mol. The molecule has 1 unspecified atom stereocenters. The minimum absolute atomic E-state index is 0.0722. The topological polar surface area (TPSA) is 58.4 Å². The summed E-state index contributed by atoms with van der Waals surface area (Å²) < 4.78 is 1.83. The average molecular weight is 327 g/mol. The minimum Gasteiger partial charge on any atom is -0.388 e. The summed E-state index contributed by atoms with van der Waals surface area (Å²) in [6.07, 6.45) is 6.75. The molecule has 3 rings (SSSR count). The van der Waals surface area contributed by atoms with Gasteiger partial charge in [0.25, 0.3) is 0 Å². The molecule has 1 fully saturated rings. The van der Waals surface area contributed by atoms with E-state index in [1.54, 1.807) is 13.8 Å². The lowest BCUT2D eigenvalue weighted by Crippen LogP contribution is -2.48. The van der Waals surface area contributed by atoms with E-state index in [0.29, 0.717) is 12.8 Å². The van der Waals surface area contributed by atoms with Crippen LogP contribution in [0.5, 0.6) is 0 Å². The smallest absolute Gasteiger partial charge is 0.223 e. The van der Waals surface area contributed by atoms with Crippen LogP contribution in [0.4, 0.5) is 0 Å². The van der Waals surface area contributed by atoms with E-state index in [9.17, 15) is 9.90 Å². The monoisotopic (exact) mass is 327 g/mol. The predicted octanol–water partition coefficient (Wildman–Crippen LogP) is 2.57. The number of carbonyl (C=O) groups excluding carboxylic acids is 1. The van der Waals surface area contributed by atoms with Crippen LogP contribution in [0.25, 0.3) is 5.69 Å². The van der Waals surface area contributed by atoms with E-state index in [0.717, 1.165) is 30.6 Å². The van der Waals surface area contributed by atoms with Gasteiger partial charge in [0.15, 0.2) is 0 Å². The number of nitrogens with zero attached hydrogens (tertiary/aromatic N) is 3. The largest absolute Gasteiger partial charge is 0.388 e. The standard InChI is InChI=1S/C19H25N3O2/c1-19(2,24)17-9-6-12-21(17)18(23)11-10-15-13-20-22(14-15)16-7-4-3-5-8-16/h3-5,7-8,13-14,17,24H,6,9-12H2,1-2H3. The molecule has 1 aromatic carbocycles. The summed E-state index contributed by atoms with van der Waals surface area (Å²) in [6.45, 7) is 4.32. The molecule has 128 valence electrons. The zero-order chi connectivity index (χ0) is 17.2. The molecule has 1 aromatic heterocycles. The van der Waals surface area contributed by atoms with Gasteiger partial charge in [-0.1, -0.05) is 18.2 Å². The Balaban J connectivity index is 1.60. The summed E-state index contributed by atoms with van der Waals surface area (Å²) in [5, 5.41) is 14.6. The number of aromatic nitrogens is 2. The molecule has 0 radical (unpaired) electrons. The quantitative estimate of drug-likeness (QED) is 0.918. The Hall–Kier alpha value is -2.14. The zero-order valence-electron chi connectivity index (χ0n) is 14.4. The van der Waals surface area contributed by atoms with Crippen molar-refractivity contribution in [3.05, 3.63) is 48.3 Å². The van der Waals surface area contributed by atoms with Crippen molar-refractivity contribution >= 4 is 5.91 Å². The van der Waals surface area contributed by atoms with Crippen LogP contribution in [-0.2, 0) is 11.2 Å². The van der Waals surface area contributed by atoms with E-state index < -0.39 is 5.60 Å². The lowest BCUT2D eigenvalue weighted by atomic mass is 9.96. The molecule has 5 heteroatoms. The molecule has 0 spiro atoms. The molecular weight excluding hydrogens is 302 g/mol. The van der Waals surface area contributed by atoms with Crippen LogP contribution in [0.2, 0.25) is 0 Å². The highest BCUT2D eigenvalue weighted by molar-refractivity contribution is 5.77. The maximum absolute atomic E-state index is 12.5. The van der Waals surface area contributed by atoms with Gasteiger partial charge in [-0.3, -0.25) is 4.79 Å². The van der Waals surface area contributed by atoms with Crippen molar-refractivity contribution in [1.82, 2.24) is 14.7 Å². The minimum atomic E-state index is -0.843. The Morgan fingerprint density at radius 2 is 2.08 bits per heavy atom. The third kappa shape index (κ3) is 3.67. The molecule has 1 N–H and O–H groups in total. The SMILES string of the molecule is CC(C)(O)C1CCCN1C(=O)CCc1cnn(-c2ccccc2)c1. The molecule has 1 aliphatic rings. The van der Waals surface area contributed by atoms with Crippen LogP contribution < -0.4 is 0 Å². The molecule has 1 saturated heterocycles. The van der Waals surface area contributed by atoms with Crippen molar-refractivity contribution in [2.75, 3.05) is 6.54 Å². The van der Waals surface area contributed by atoms with Crippen molar-refractivity contribution in [3.63, 3.8) is 0 Å². The van der Waals surface area contributed by atoms with E-state index in [-0.39, 0.29) is 11.9 Å². The summed E-state index contributed by atoms with van der Waals surface area (Å²) in [5.41, 5.74) is 1.22. The Kier molecular flexibility index (Phi) is 4.71. The molecule has 5 nitrogen and oxygen atoms in total. The summed E-state index contributed by atoms with van der Waals surface area (Å²) in [5.74, 6) is 0.118. The van der Waals surface area contributed by atoms with Crippen LogP contribution in [0, 0.1) is 0 Å². The number of para-hydroxylation sites is 1. The van der Waals surface area contributed by atoms with Gasteiger partial charge in [0.2, 0.25) is 5.91 Å². The first-order chi connectivity index (χ1) is 11.4. The molecule has 2 heterocycles. The Morgan fingerprint density at radius 1 is 1.33 bits per heavy atom. The maximum atomic E-state index is 12.5. The normalized spacial score (nSPS) is 18.1. The number of aryl methyl sites for hydroxylation is 1. The molecular formula is C19H25N3O2. The number of hydrogen-bond donors (Lipinski definition) is 1. The van der Waals surface area contributed by atoms with Gasteiger partial charge in [0, 0.05) is 19.2 Å². The number of carbonyl (C=O) groups is 1. The van der Waals surface area contributed by atoms with Crippen LogP contribution >= 0.6 is 0 Å². The maximum Gasteiger partial charge on any atom is 0.223 e. The molecule has 24 heavy (non-hydrogen) atoms. The van der Waals surface area contributed by atoms with Gasteiger partial charge in [-0.25, -0.2) is 4.68 Å². The number of hydrogen-bond acceptors (Lipinski definition) is 3. The second-order valence-electron chi connectivity index (χ2n) is 7.03. The van der Waals surface area contributed by atoms with Crippen molar-refractivity contribution in [1.29, 1.82) is 0 Å². The molecule has 1 amide bonds. The first kappa shape index (κ1) is 16.7. The zero-order valence-corrected chi connectivity index (χ0v) is 14.4. The first-order valence-corrected chi connectivity index (χ1v) is 8.56. The lowest BCUT2D eigenvalue weighted by molar-refractivity contribution is -0.136. The third-order valence-electron chi connectivity index (χ3n) is 4.67. The van der Waals surface area contributed by atoms with Gasteiger partial charge in [0.05, 0.1) is 23.5 Å². The summed E-state index contributed by atoms with van der Waals surface area (Å²) in [4.78, 5) is 14.4. The van der Waals surface area contributed by atoms with E-state index in [4.69, 9.17) is 0 Å². The molecule has 0 bridgehead atoms. The van der Waals surface area contributed by atoms with Gasteiger partial charge in [-0.15, -0.1) is 0 Å². The Morgan fingerprint density at radius 3 is 2.79 bits per heavy atom. The van der Waals surface area contributed by atoms with Crippen molar-refractivity contribution in [2.45, 2.75) is 51.2 Å². The Bertz CT molecular complexity index is 688. The summed E-state index contributed by atoms with van der Waals surface area (Å²) >= 11 is 0. The van der Waals surface area contributed by atoms with Crippen molar-refractivity contribution in [3.8, 4) is 5.69 Å². The van der Waals surface area contributed by atoms with Crippen molar-refractivity contribution < 1.29 is 9.90 Å². The van der Waals surface area contributed by atoms with Crippen molar-refractivity contribution in [2.24, 2.45) is 0 Å². The van der Waals surface area contributed by atoms with E-state index >= 15 is 0 Å². The van der Waals surface area contributed by atoms with Crippen LogP contribution in [0.1, 0.15) is 38.7 Å². The number of rotatable bonds is 5. The number of likely N-dealkylation sites (tertiary alicyclic amines) is 1. The average Bonchev–Trinajstić information content (AvgIpc) is 3.22. The third-order valence-corrected chi connectivity index (χ3v) is 4.67. The summed E-state index contributed by atoms with van der Waals surface area (Å²) in [6, 6.07) is 9.86. The highest BCUT2D eigenvalue weighted by Crippen LogP contribution is 2.27. The van der Waals surface area contributed by atoms with E-state index in [1.807, 2.05) is 52.3 Å². The fourth-order valence-corrected chi connectivity index (χ4v) is 3.41.